The third-order valence-electron chi connectivity index (χ3n) is 3.51. The molecule has 0 spiro atoms. The number of nitriles is 1. The van der Waals surface area contributed by atoms with Crippen LogP contribution in [0.25, 0.3) is 0 Å². The van der Waals surface area contributed by atoms with Crippen LogP contribution in [0.15, 0.2) is 48.5 Å². The van der Waals surface area contributed by atoms with Crippen molar-refractivity contribution in [2.24, 2.45) is 0 Å². The first-order valence-corrected chi connectivity index (χ1v) is 7.73. The third kappa shape index (κ3) is 4.75. The molecule has 2 aromatic rings. The molecule has 0 aliphatic rings. The quantitative estimate of drug-likeness (QED) is 0.845. The van der Waals surface area contributed by atoms with Crippen LogP contribution in [0.3, 0.4) is 0 Å². The van der Waals surface area contributed by atoms with Crippen molar-refractivity contribution < 1.29 is 14.3 Å². The molecule has 0 aliphatic heterocycles. The average molecular weight is 324 g/mol. The van der Waals surface area contributed by atoms with Gasteiger partial charge in [0.2, 0.25) is 0 Å². The molecule has 0 saturated carbocycles. The van der Waals surface area contributed by atoms with E-state index in [1.165, 1.54) is 0 Å². The maximum absolute atomic E-state index is 12.4. The van der Waals surface area contributed by atoms with Crippen molar-refractivity contribution >= 4 is 11.6 Å². The van der Waals surface area contributed by atoms with Crippen molar-refractivity contribution in [2.45, 2.75) is 25.9 Å². The minimum Gasteiger partial charge on any atom is -0.497 e. The van der Waals surface area contributed by atoms with Gasteiger partial charge in [-0.3, -0.25) is 4.79 Å². The van der Waals surface area contributed by atoms with E-state index in [1.807, 2.05) is 19.1 Å². The van der Waals surface area contributed by atoms with Gasteiger partial charge in [-0.15, -0.1) is 0 Å². The lowest BCUT2D eigenvalue weighted by atomic mass is 10.1. The number of rotatable bonds is 7. The summed E-state index contributed by atoms with van der Waals surface area (Å²) in [6, 6.07) is 16.4. The van der Waals surface area contributed by atoms with Crippen molar-refractivity contribution in [1.82, 2.24) is 0 Å². The number of carbonyl (C=O) groups excluding carboxylic acids is 1. The summed E-state index contributed by atoms with van der Waals surface area (Å²) in [7, 11) is 1.60. The fourth-order valence-electron chi connectivity index (χ4n) is 2.16. The Kier molecular flexibility index (Phi) is 6.21. The fraction of sp³-hybridized carbons (Fsp3) is 0.263. The number of ether oxygens (including phenoxy) is 2. The Balaban J connectivity index is 1.98. The molecule has 124 valence electrons. The molecule has 1 atom stereocenters. The summed E-state index contributed by atoms with van der Waals surface area (Å²) >= 11 is 0. The van der Waals surface area contributed by atoms with E-state index >= 15 is 0 Å². The number of nitrogens with one attached hydrogen (secondary N) is 1. The predicted octanol–water partition coefficient (Wildman–Crippen LogP) is 3.56. The van der Waals surface area contributed by atoms with Gasteiger partial charge in [-0.25, -0.2) is 0 Å². The second-order valence-electron chi connectivity index (χ2n) is 5.21. The lowest BCUT2D eigenvalue weighted by Gasteiger charge is -2.17. The zero-order valence-electron chi connectivity index (χ0n) is 13.8. The number of methoxy groups -OCH3 is 1. The standard InChI is InChI=1S/C19H20N2O3/c1-3-18(24-17-10-8-16(23-2)9-11-17)19(22)21-15-6-4-14(5-7-15)12-13-20/h4-11,18H,3,12H2,1-2H3,(H,21,22)/t18-/m1/s1. The van der Waals surface area contributed by atoms with Crippen LogP contribution in [-0.4, -0.2) is 19.1 Å². The third-order valence-corrected chi connectivity index (χ3v) is 3.51. The molecule has 1 N–H and O–H groups in total. The van der Waals surface area contributed by atoms with Gasteiger partial charge in [-0.05, 0) is 48.4 Å². The van der Waals surface area contributed by atoms with Gasteiger partial charge in [-0.2, -0.15) is 5.26 Å². The lowest BCUT2D eigenvalue weighted by Crippen LogP contribution is -2.32. The Labute approximate surface area is 141 Å². The average Bonchev–Trinajstić information content (AvgIpc) is 2.62. The highest BCUT2D eigenvalue weighted by molar-refractivity contribution is 5.94. The zero-order valence-corrected chi connectivity index (χ0v) is 13.8. The number of anilines is 1. The summed E-state index contributed by atoms with van der Waals surface area (Å²) in [5, 5.41) is 11.5. The van der Waals surface area contributed by atoms with Gasteiger partial charge in [0.15, 0.2) is 6.10 Å². The monoisotopic (exact) mass is 324 g/mol. The summed E-state index contributed by atoms with van der Waals surface area (Å²) in [6.07, 6.45) is 0.314. The van der Waals surface area contributed by atoms with Crippen LogP contribution >= 0.6 is 0 Å². The van der Waals surface area contributed by atoms with Gasteiger partial charge >= 0.3 is 0 Å². The number of hydrogen-bond acceptors (Lipinski definition) is 4. The van der Waals surface area contributed by atoms with Gasteiger partial charge in [0.05, 0.1) is 19.6 Å². The van der Waals surface area contributed by atoms with Gasteiger partial charge < -0.3 is 14.8 Å². The molecule has 1 amide bonds. The normalized spacial score (nSPS) is 11.2. The molecule has 0 fully saturated rings. The second-order valence-corrected chi connectivity index (χ2v) is 5.21. The number of benzene rings is 2. The molecule has 2 aromatic carbocycles. The molecule has 5 nitrogen and oxygen atoms in total. The van der Waals surface area contributed by atoms with Crippen molar-refractivity contribution in [2.75, 3.05) is 12.4 Å². The van der Waals surface area contributed by atoms with E-state index in [9.17, 15) is 4.79 Å². The fourth-order valence-corrected chi connectivity index (χ4v) is 2.16. The molecule has 0 saturated heterocycles. The van der Waals surface area contributed by atoms with Crippen LogP contribution in [0.2, 0.25) is 0 Å². The van der Waals surface area contributed by atoms with Crippen molar-refractivity contribution in [3.63, 3.8) is 0 Å². The summed E-state index contributed by atoms with van der Waals surface area (Å²) in [4.78, 5) is 12.4. The van der Waals surface area contributed by atoms with Crippen LogP contribution in [0.4, 0.5) is 5.69 Å². The molecule has 0 aromatic heterocycles. The molecular weight excluding hydrogens is 304 g/mol. The minimum absolute atomic E-state index is 0.207. The highest BCUT2D eigenvalue weighted by Crippen LogP contribution is 2.19. The number of nitrogens with zero attached hydrogens (tertiary/aromatic N) is 1. The van der Waals surface area contributed by atoms with Crippen LogP contribution in [0, 0.1) is 11.3 Å². The van der Waals surface area contributed by atoms with Gasteiger partial charge in [0, 0.05) is 5.69 Å². The minimum atomic E-state index is -0.586. The topological polar surface area (TPSA) is 71.3 Å². The van der Waals surface area contributed by atoms with E-state index < -0.39 is 6.10 Å². The summed E-state index contributed by atoms with van der Waals surface area (Å²) in [6.45, 7) is 1.89. The molecular formula is C19H20N2O3. The van der Waals surface area contributed by atoms with E-state index in [0.29, 0.717) is 24.3 Å². The van der Waals surface area contributed by atoms with Crippen LogP contribution in [0.1, 0.15) is 18.9 Å². The largest absolute Gasteiger partial charge is 0.497 e. The molecule has 0 unspecified atom stereocenters. The summed E-state index contributed by atoms with van der Waals surface area (Å²) < 4.78 is 10.8. The molecule has 0 radical (unpaired) electrons. The molecule has 2 rings (SSSR count). The highest BCUT2D eigenvalue weighted by Gasteiger charge is 2.18. The number of hydrogen-bond donors (Lipinski definition) is 1. The van der Waals surface area contributed by atoms with Gasteiger partial charge in [-0.1, -0.05) is 19.1 Å². The van der Waals surface area contributed by atoms with Crippen molar-refractivity contribution in [3.05, 3.63) is 54.1 Å². The number of amides is 1. The van der Waals surface area contributed by atoms with Gasteiger partial charge in [0.1, 0.15) is 11.5 Å². The SMILES string of the molecule is CC[C@@H](Oc1ccc(OC)cc1)C(=O)Nc1ccc(CC#N)cc1. The summed E-state index contributed by atoms with van der Waals surface area (Å²) in [5.74, 6) is 1.14. The predicted molar refractivity (Wildman–Crippen MR) is 92.1 cm³/mol. The molecule has 0 heterocycles. The molecule has 0 bridgehead atoms. The van der Waals surface area contributed by atoms with E-state index in [4.69, 9.17) is 14.7 Å². The second kappa shape index (κ2) is 8.59. The van der Waals surface area contributed by atoms with E-state index in [0.717, 1.165) is 11.3 Å². The first-order chi connectivity index (χ1) is 11.7. The van der Waals surface area contributed by atoms with E-state index in [-0.39, 0.29) is 5.91 Å². The Morgan fingerprint density at radius 3 is 2.29 bits per heavy atom. The Morgan fingerprint density at radius 1 is 1.12 bits per heavy atom. The maximum Gasteiger partial charge on any atom is 0.265 e. The van der Waals surface area contributed by atoms with Crippen LogP contribution in [-0.2, 0) is 11.2 Å². The van der Waals surface area contributed by atoms with Crippen LogP contribution < -0.4 is 14.8 Å². The van der Waals surface area contributed by atoms with E-state index in [1.54, 1.807) is 43.5 Å². The maximum atomic E-state index is 12.4. The number of carbonyl (C=O) groups is 1. The summed E-state index contributed by atoms with van der Waals surface area (Å²) in [5.41, 5.74) is 1.59. The van der Waals surface area contributed by atoms with E-state index in [2.05, 4.69) is 11.4 Å². The zero-order chi connectivity index (χ0) is 17.4. The Bertz CT molecular complexity index is 703. The smallest absolute Gasteiger partial charge is 0.265 e. The first-order valence-electron chi connectivity index (χ1n) is 7.73. The van der Waals surface area contributed by atoms with Crippen molar-refractivity contribution in [3.8, 4) is 17.6 Å². The van der Waals surface area contributed by atoms with Crippen molar-refractivity contribution in [1.29, 1.82) is 5.26 Å². The molecule has 5 heteroatoms. The van der Waals surface area contributed by atoms with Crippen LogP contribution in [0.5, 0.6) is 11.5 Å². The first kappa shape index (κ1) is 17.4. The Hall–Kier alpha value is -3.00. The lowest BCUT2D eigenvalue weighted by molar-refractivity contribution is -0.122. The molecule has 0 aliphatic carbocycles. The van der Waals surface area contributed by atoms with Gasteiger partial charge in [0.25, 0.3) is 5.91 Å². The molecule has 24 heavy (non-hydrogen) atoms. The highest BCUT2D eigenvalue weighted by atomic mass is 16.5. The Morgan fingerprint density at radius 2 is 1.75 bits per heavy atom.